The van der Waals surface area contributed by atoms with Crippen LogP contribution in [0.5, 0.6) is 0 Å². The van der Waals surface area contributed by atoms with E-state index in [1.165, 1.54) is 10.5 Å². The monoisotopic (exact) mass is 442 g/mol. The van der Waals surface area contributed by atoms with Crippen LogP contribution in [0.1, 0.15) is 63.4 Å². The van der Waals surface area contributed by atoms with E-state index in [1.54, 1.807) is 0 Å². The van der Waals surface area contributed by atoms with E-state index in [0.29, 0.717) is 43.9 Å². The van der Waals surface area contributed by atoms with Gasteiger partial charge in [-0.15, -0.1) is 11.8 Å². The lowest BCUT2D eigenvalue weighted by Crippen LogP contribution is -2.37. The molecule has 1 aliphatic heterocycles. The lowest BCUT2D eigenvalue weighted by Gasteiger charge is -2.32. The number of hydrogen-bond donors (Lipinski definition) is 2. The molecule has 1 aromatic rings. The molecular weight excluding hydrogens is 408 g/mol. The highest BCUT2D eigenvalue weighted by Crippen LogP contribution is 2.42. The molecule has 0 saturated heterocycles. The lowest BCUT2D eigenvalue weighted by atomic mass is 9.74. The van der Waals surface area contributed by atoms with E-state index in [4.69, 9.17) is 5.11 Å². The number of allylic oxidation sites excluding steroid dienone is 3. The highest BCUT2D eigenvalue weighted by molar-refractivity contribution is 7.99. The summed E-state index contributed by atoms with van der Waals surface area (Å²) in [5.41, 5.74) is 1.45. The Morgan fingerprint density at radius 1 is 1.29 bits per heavy atom. The maximum Gasteiger partial charge on any atom is 0.303 e. The van der Waals surface area contributed by atoms with Crippen molar-refractivity contribution in [2.24, 2.45) is 17.8 Å². The quantitative estimate of drug-likeness (QED) is 0.364. The average molecular weight is 443 g/mol. The Balaban J connectivity index is 1.56. The van der Waals surface area contributed by atoms with Crippen molar-refractivity contribution < 1.29 is 19.8 Å². The Morgan fingerprint density at radius 2 is 2.10 bits per heavy atom. The van der Waals surface area contributed by atoms with E-state index < -0.39 is 12.1 Å². The number of unbranched alkanes of at least 4 members (excludes halogenated alkanes) is 1. The molecule has 1 aliphatic carbocycles. The molecule has 1 heterocycles. The Hall–Kier alpha value is -1.85. The zero-order valence-electron chi connectivity index (χ0n) is 18.3. The third kappa shape index (κ3) is 6.81. The molecule has 1 fully saturated rings. The number of aliphatic carboxylic acids is 1. The first kappa shape index (κ1) is 23.8. The van der Waals surface area contributed by atoms with E-state index in [9.17, 15) is 14.7 Å². The highest BCUT2D eigenvalue weighted by Gasteiger charge is 2.35. The first-order valence-electron chi connectivity index (χ1n) is 11.4. The number of aliphatic hydroxyl groups is 1. The van der Waals surface area contributed by atoms with Crippen LogP contribution >= 0.6 is 11.8 Å². The molecule has 0 radical (unpaired) electrons. The van der Waals surface area contributed by atoms with Crippen molar-refractivity contribution in [3.63, 3.8) is 0 Å². The Bertz CT molecular complexity index is 815. The van der Waals surface area contributed by atoms with Crippen molar-refractivity contribution in [3.05, 3.63) is 54.1 Å². The molecule has 5 heteroatoms. The van der Waals surface area contributed by atoms with Crippen molar-refractivity contribution >= 4 is 23.5 Å². The second-order valence-electron chi connectivity index (χ2n) is 8.89. The number of rotatable bonds is 10. The molecule has 1 aromatic carbocycles. The van der Waals surface area contributed by atoms with Crippen LogP contribution in [0.15, 0.2) is 53.5 Å². The topological polar surface area (TPSA) is 74.6 Å². The van der Waals surface area contributed by atoms with E-state index in [2.05, 4.69) is 43.3 Å². The van der Waals surface area contributed by atoms with Gasteiger partial charge in [0.1, 0.15) is 5.78 Å². The Labute approximate surface area is 189 Å². The van der Waals surface area contributed by atoms with Gasteiger partial charge in [-0.3, -0.25) is 9.59 Å². The average Bonchev–Trinajstić information content (AvgIpc) is 3.14. The number of thioether (sulfide) groups is 1. The predicted molar refractivity (Wildman–Crippen MR) is 125 cm³/mol. The van der Waals surface area contributed by atoms with Gasteiger partial charge >= 0.3 is 5.97 Å². The molecule has 31 heavy (non-hydrogen) atoms. The summed E-state index contributed by atoms with van der Waals surface area (Å²) in [5.74, 6) is 1.18. The van der Waals surface area contributed by atoms with Crippen LogP contribution < -0.4 is 0 Å². The van der Waals surface area contributed by atoms with Crippen LogP contribution in [0, 0.1) is 17.8 Å². The fourth-order valence-electron chi connectivity index (χ4n) is 4.70. The van der Waals surface area contributed by atoms with Crippen LogP contribution in [0.25, 0.3) is 0 Å². The zero-order valence-corrected chi connectivity index (χ0v) is 19.1. The van der Waals surface area contributed by atoms with Crippen LogP contribution in [-0.4, -0.2) is 33.8 Å². The van der Waals surface area contributed by atoms with Gasteiger partial charge in [0.2, 0.25) is 0 Å². The lowest BCUT2D eigenvalue weighted by molar-refractivity contribution is -0.137. The van der Waals surface area contributed by atoms with Crippen molar-refractivity contribution in [1.82, 2.24) is 0 Å². The molecule has 4 nitrogen and oxygen atoms in total. The molecule has 5 atom stereocenters. The summed E-state index contributed by atoms with van der Waals surface area (Å²) in [7, 11) is 0. The van der Waals surface area contributed by atoms with E-state index >= 15 is 0 Å². The number of carbonyl (C=O) groups is 2. The van der Waals surface area contributed by atoms with Gasteiger partial charge in [-0.05, 0) is 55.6 Å². The number of aliphatic hydroxyl groups excluding tert-OH is 1. The fourth-order valence-corrected chi connectivity index (χ4v) is 5.98. The molecule has 2 N–H and O–H groups in total. The summed E-state index contributed by atoms with van der Waals surface area (Å²) in [4.78, 5) is 24.5. The summed E-state index contributed by atoms with van der Waals surface area (Å²) >= 11 is 1.93. The van der Waals surface area contributed by atoms with Crippen molar-refractivity contribution in [3.8, 4) is 0 Å². The first-order chi connectivity index (χ1) is 15.0. The molecule has 0 aromatic heterocycles. The summed E-state index contributed by atoms with van der Waals surface area (Å²) in [6.07, 6.45) is 11.9. The minimum absolute atomic E-state index is 0.141. The molecule has 3 rings (SSSR count). The number of hydrogen-bond acceptors (Lipinski definition) is 4. The van der Waals surface area contributed by atoms with Crippen LogP contribution in [0.3, 0.4) is 0 Å². The Kier molecular flexibility index (Phi) is 8.97. The van der Waals surface area contributed by atoms with Gasteiger partial charge < -0.3 is 10.2 Å². The van der Waals surface area contributed by atoms with Crippen LogP contribution in [-0.2, 0) is 9.59 Å². The molecule has 2 aliphatic rings. The fraction of sp³-hybridized carbons (Fsp3) is 0.538. The third-order valence-electron chi connectivity index (χ3n) is 6.44. The number of carboxylic acid groups (broad SMARTS) is 1. The van der Waals surface area contributed by atoms with Crippen molar-refractivity contribution in [2.45, 2.75) is 68.8 Å². The third-order valence-corrected chi connectivity index (χ3v) is 7.70. The van der Waals surface area contributed by atoms with Gasteiger partial charge in [-0.25, -0.2) is 0 Å². The SMILES string of the molecule is CC(/C=C/C1C(O)CCC(=O)C1C/C=C/CCCC(=O)O)CC1CSc2ccccc21. The zero-order chi connectivity index (χ0) is 22.2. The molecule has 5 unspecified atom stereocenters. The minimum atomic E-state index is -0.780. The number of Topliss-reactive ketones (excluding diaryl/α,β-unsaturated/α-hetero) is 1. The Morgan fingerprint density at radius 3 is 2.90 bits per heavy atom. The van der Waals surface area contributed by atoms with E-state index in [1.807, 2.05) is 23.9 Å². The molecule has 168 valence electrons. The second kappa shape index (κ2) is 11.7. The van der Waals surface area contributed by atoms with Gasteiger partial charge in [0.15, 0.2) is 0 Å². The van der Waals surface area contributed by atoms with Crippen molar-refractivity contribution in [1.29, 1.82) is 0 Å². The van der Waals surface area contributed by atoms with Gasteiger partial charge in [-0.1, -0.05) is 49.4 Å². The molecule has 0 amide bonds. The number of fused-ring (bicyclic) bond motifs is 1. The van der Waals surface area contributed by atoms with E-state index in [0.717, 1.165) is 12.2 Å². The largest absolute Gasteiger partial charge is 0.481 e. The highest BCUT2D eigenvalue weighted by atomic mass is 32.2. The normalized spacial score (nSPS) is 27.1. The maximum absolute atomic E-state index is 12.6. The van der Waals surface area contributed by atoms with Gasteiger partial charge in [0, 0.05) is 35.3 Å². The number of benzene rings is 1. The summed E-state index contributed by atoms with van der Waals surface area (Å²) < 4.78 is 0. The maximum atomic E-state index is 12.6. The number of carbonyl (C=O) groups excluding carboxylic acids is 1. The summed E-state index contributed by atoms with van der Waals surface area (Å²) in [6.45, 7) is 2.22. The summed E-state index contributed by atoms with van der Waals surface area (Å²) in [5, 5.41) is 19.3. The summed E-state index contributed by atoms with van der Waals surface area (Å²) in [6, 6.07) is 8.64. The second-order valence-corrected chi connectivity index (χ2v) is 9.95. The van der Waals surface area contributed by atoms with Gasteiger partial charge in [0.25, 0.3) is 0 Å². The van der Waals surface area contributed by atoms with Crippen molar-refractivity contribution in [2.75, 3.05) is 5.75 Å². The van der Waals surface area contributed by atoms with Crippen LogP contribution in [0.2, 0.25) is 0 Å². The number of ketones is 1. The molecule has 0 spiro atoms. The standard InChI is InChI=1S/C26H34O4S/c1-18(16-19-17-31-25-10-7-6-8-20(19)25)12-13-22-21(23(27)14-15-24(22)28)9-4-2-3-5-11-26(29)30/h2,4,6-8,10,12-13,18-19,21-22,24,28H,3,5,9,11,14-17H2,1H3,(H,29,30)/b4-2+,13-12+. The predicted octanol–water partition coefficient (Wildman–Crippen LogP) is 5.62. The minimum Gasteiger partial charge on any atom is -0.481 e. The van der Waals surface area contributed by atoms with Gasteiger partial charge in [0.05, 0.1) is 6.10 Å². The molecule has 1 saturated carbocycles. The molecule has 0 bridgehead atoms. The molecular formula is C26H34O4S. The van der Waals surface area contributed by atoms with Crippen LogP contribution in [0.4, 0.5) is 0 Å². The van der Waals surface area contributed by atoms with Gasteiger partial charge in [-0.2, -0.15) is 0 Å². The van der Waals surface area contributed by atoms with E-state index in [-0.39, 0.29) is 24.0 Å². The number of carboxylic acids is 1. The smallest absolute Gasteiger partial charge is 0.303 e. The first-order valence-corrected chi connectivity index (χ1v) is 12.4.